The van der Waals surface area contributed by atoms with Crippen LogP contribution in [0.15, 0.2) is 12.1 Å². The first kappa shape index (κ1) is 13.9. The van der Waals surface area contributed by atoms with E-state index in [9.17, 15) is 13.6 Å². The molecule has 0 aliphatic heterocycles. The highest BCUT2D eigenvalue weighted by molar-refractivity contribution is 5.95. The second kappa shape index (κ2) is 6.55. The van der Waals surface area contributed by atoms with Crippen LogP contribution in [0.3, 0.4) is 0 Å². The van der Waals surface area contributed by atoms with E-state index in [-0.39, 0.29) is 17.9 Å². The van der Waals surface area contributed by atoms with E-state index < -0.39 is 17.6 Å². The summed E-state index contributed by atoms with van der Waals surface area (Å²) >= 11 is 0. The summed E-state index contributed by atoms with van der Waals surface area (Å²) in [7, 11) is 0. The lowest BCUT2D eigenvalue weighted by atomic mass is 10.1. The molecule has 0 unspecified atom stereocenters. The number of rotatable bonds is 5. The predicted octanol–water partition coefficient (Wildman–Crippen LogP) is 2.40. The Labute approximate surface area is 103 Å². The van der Waals surface area contributed by atoms with Gasteiger partial charge in [0, 0.05) is 18.2 Å². The second-order valence-electron chi connectivity index (χ2n) is 3.60. The highest BCUT2D eigenvalue weighted by atomic mass is 19.2. The quantitative estimate of drug-likeness (QED) is 0.497. The number of hydrogen-bond acceptors (Lipinski definition) is 4. The van der Waals surface area contributed by atoms with Crippen molar-refractivity contribution < 1.29 is 18.3 Å². The van der Waals surface area contributed by atoms with E-state index >= 15 is 0 Å². The Morgan fingerprint density at radius 3 is 2.67 bits per heavy atom. The van der Waals surface area contributed by atoms with Crippen LogP contribution in [0.4, 0.5) is 14.5 Å². The molecule has 0 fully saturated rings. The minimum atomic E-state index is -1.15. The number of hydrogen-bond donors (Lipinski definition) is 1. The molecule has 0 aliphatic carbocycles. The number of anilines is 1. The van der Waals surface area contributed by atoms with Gasteiger partial charge in [0.2, 0.25) is 0 Å². The number of halogens is 2. The van der Waals surface area contributed by atoms with Crippen LogP contribution in [-0.2, 0) is 4.74 Å². The number of nitrogens with zero attached hydrogens (tertiary/aromatic N) is 1. The third-order valence-electron chi connectivity index (χ3n) is 2.23. The van der Waals surface area contributed by atoms with Crippen LogP contribution in [0.2, 0.25) is 0 Å². The van der Waals surface area contributed by atoms with Crippen molar-refractivity contribution in [2.75, 3.05) is 12.3 Å². The molecule has 0 saturated carbocycles. The summed E-state index contributed by atoms with van der Waals surface area (Å²) in [5.74, 6) is -3.07. The van der Waals surface area contributed by atoms with Crippen LogP contribution in [0, 0.1) is 23.0 Å². The molecule has 1 aromatic rings. The van der Waals surface area contributed by atoms with Gasteiger partial charge >= 0.3 is 5.97 Å². The number of unbranched alkanes of at least 4 members (excludes halogenated alkanes) is 2. The maximum atomic E-state index is 12.9. The van der Waals surface area contributed by atoms with Gasteiger partial charge in [0.1, 0.15) is 0 Å². The molecule has 0 radical (unpaired) electrons. The van der Waals surface area contributed by atoms with Crippen molar-refractivity contribution in [2.45, 2.75) is 19.3 Å². The number of carbonyl (C=O) groups excluding carboxylic acids is 1. The van der Waals surface area contributed by atoms with Gasteiger partial charge in [-0.1, -0.05) is 0 Å². The first-order valence-corrected chi connectivity index (χ1v) is 5.35. The Kier molecular flexibility index (Phi) is 5.06. The molecule has 0 spiro atoms. The van der Waals surface area contributed by atoms with Crippen molar-refractivity contribution in [3.8, 4) is 6.07 Å². The Hall–Kier alpha value is -2.16. The summed E-state index contributed by atoms with van der Waals surface area (Å²) in [5.41, 5.74) is 5.02. The summed E-state index contributed by atoms with van der Waals surface area (Å²) in [6.07, 6.45) is 1.52. The third-order valence-corrected chi connectivity index (χ3v) is 2.23. The molecule has 4 nitrogen and oxygen atoms in total. The average Bonchev–Trinajstić information content (AvgIpc) is 2.33. The molecule has 1 aromatic carbocycles. The summed E-state index contributed by atoms with van der Waals surface area (Å²) in [5, 5.41) is 8.29. The smallest absolute Gasteiger partial charge is 0.340 e. The van der Waals surface area contributed by atoms with Crippen LogP contribution in [-0.4, -0.2) is 12.6 Å². The normalized spacial score (nSPS) is 9.83. The topological polar surface area (TPSA) is 76.1 Å². The highest BCUT2D eigenvalue weighted by Gasteiger charge is 2.15. The van der Waals surface area contributed by atoms with E-state index in [0.29, 0.717) is 25.3 Å². The number of nitrogens with two attached hydrogens (primary N) is 1. The molecular weight excluding hydrogens is 242 g/mol. The second-order valence-corrected chi connectivity index (χ2v) is 3.60. The lowest BCUT2D eigenvalue weighted by Crippen LogP contribution is -2.10. The molecule has 0 aliphatic rings. The molecule has 2 N–H and O–H groups in total. The van der Waals surface area contributed by atoms with Crippen molar-refractivity contribution in [3.63, 3.8) is 0 Å². The van der Waals surface area contributed by atoms with Crippen LogP contribution in [0.25, 0.3) is 0 Å². The van der Waals surface area contributed by atoms with Gasteiger partial charge in [-0.3, -0.25) is 0 Å². The zero-order valence-electron chi connectivity index (χ0n) is 9.58. The van der Waals surface area contributed by atoms with Crippen LogP contribution >= 0.6 is 0 Å². The third kappa shape index (κ3) is 3.70. The van der Waals surface area contributed by atoms with Crippen molar-refractivity contribution >= 4 is 11.7 Å². The van der Waals surface area contributed by atoms with Crippen molar-refractivity contribution in [1.29, 1.82) is 5.26 Å². The van der Waals surface area contributed by atoms with Gasteiger partial charge in [-0.15, -0.1) is 0 Å². The fourth-order valence-corrected chi connectivity index (χ4v) is 1.29. The summed E-state index contributed by atoms with van der Waals surface area (Å²) in [6.45, 7) is 0.110. The zero-order chi connectivity index (χ0) is 13.5. The molecular formula is C12H12F2N2O2. The molecule has 18 heavy (non-hydrogen) atoms. The summed E-state index contributed by atoms with van der Waals surface area (Å²) < 4.78 is 30.5. The van der Waals surface area contributed by atoms with Gasteiger partial charge in [-0.2, -0.15) is 5.26 Å². The standard InChI is InChI=1S/C12H12F2N2O2/c13-9-6-8(11(16)7-10(9)14)12(17)18-5-3-1-2-4-15/h6-7H,1-3,5,16H2. The SMILES string of the molecule is N#CCCCCOC(=O)c1cc(F)c(F)cc1N. The lowest BCUT2D eigenvalue weighted by molar-refractivity contribution is 0.0499. The van der Waals surface area contributed by atoms with Crippen molar-refractivity contribution in [1.82, 2.24) is 0 Å². The maximum absolute atomic E-state index is 12.9. The molecule has 0 bridgehead atoms. The molecule has 0 atom stereocenters. The number of benzene rings is 1. The van der Waals surface area contributed by atoms with E-state index in [4.69, 9.17) is 15.7 Å². The molecule has 6 heteroatoms. The van der Waals surface area contributed by atoms with Crippen molar-refractivity contribution in [3.05, 3.63) is 29.3 Å². The van der Waals surface area contributed by atoms with E-state index in [2.05, 4.69) is 0 Å². The number of nitrogen functional groups attached to an aromatic ring is 1. The first-order valence-electron chi connectivity index (χ1n) is 5.35. The molecule has 1 rings (SSSR count). The lowest BCUT2D eigenvalue weighted by Gasteiger charge is -2.07. The Morgan fingerprint density at radius 1 is 1.33 bits per heavy atom. The van der Waals surface area contributed by atoms with Gasteiger partial charge in [0.25, 0.3) is 0 Å². The minimum absolute atomic E-state index is 0.110. The van der Waals surface area contributed by atoms with Gasteiger partial charge in [-0.05, 0) is 18.9 Å². The van der Waals surface area contributed by atoms with Crippen LogP contribution in [0.5, 0.6) is 0 Å². The maximum Gasteiger partial charge on any atom is 0.340 e. The van der Waals surface area contributed by atoms with Crippen LogP contribution in [0.1, 0.15) is 29.6 Å². The summed E-state index contributed by atoms with van der Waals surface area (Å²) in [6, 6.07) is 3.41. The van der Waals surface area contributed by atoms with Crippen molar-refractivity contribution in [2.24, 2.45) is 0 Å². The van der Waals surface area contributed by atoms with Crippen LogP contribution < -0.4 is 5.73 Å². The Bertz CT molecular complexity index is 484. The van der Waals surface area contributed by atoms with E-state index in [1.807, 2.05) is 6.07 Å². The highest BCUT2D eigenvalue weighted by Crippen LogP contribution is 2.18. The molecule has 0 amide bonds. The molecule has 0 aromatic heterocycles. The number of carbonyl (C=O) groups is 1. The monoisotopic (exact) mass is 254 g/mol. The fraction of sp³-hybridized carbons (Fsp3) is 0.333. The average molecular weight is 254 g/mol. The molecule has 0 heterocycles. The van der Waals surface area contributed by atoms with E-state index in [0.717, 1.165) is 6.07 Å². The number of nitriles is 1. The van der Waals surface area contributed by atoms with Gasteiger partial charge in [0.15, 0.2) is 11.6 Å². The summed E-state index contributed by atoms with van der Waals surface area (Å²) in [4.78, 5) is 11.5. The number of esters is 1. The Balaban J connectivity index is 2.57. The van der Waals surface area contributed by atoms with E-state index in [1.54, 1.807) is 0 Å². The van der Waals surface area contributed by atoms with Gasteiger partial charge in [0.05, 0.1) is 18.2 Å². The minimum Gasteiger partial charge on any atom is -0.462 e. The predicted molar refractivity (Wildman–Crippen MR) is 60.5 cm³/mol. The molecule has 96 valence electrons. The van der Waals surface area contributed by atoms with Gasteiger partial charge < -0.3 is 10.5 Å². The zero-order valence-corrected chi connectivity index (χ0v) is 9.58. The van der Waals surface area contributed by atoms with Gasteiger partial charge in [-0.25, -0.2) is 13.6 Å². The number of ether oxygens (including phenoxy) is 1. The largest absolute Gasteiger partial charge is 0.462 e. The molecule has 0 saturated heterocycles. The Morgan fingerprint density at radius 2 is 2.00 bits per heavy atom. The van der Waals surface area contributed by atoms with E-state index in [1.165, 1.54) is 0 Å². The first-order chi connectivity index (χ1) is 8.56. The fourth-order valence-electron chi connectivity index (χ4n) is 1.29.